The number of rotatable bonds is 8. The molecule has 32 heavy (non-hydrogen) atoms. The molecule has 1 atom stereocenters. The third-order valence-electron chi connectivity index (χ3n) is 6.03. The Labute approximate surface area is 189 Å². The standard InChI is InChI=1S/C24H32N6O2/c1-17-13-22(28-29(17)2)27-23(31)16-30-11-6-8-19(15-30)21-14-18-7-4-5-9-20(18)24(26-21)25-10-12-32-3/h4-5,7,9,13-14,19H,6,8,10-12,15-16H2,1-3H3,(H,25,26)(H,27,28,31)/t19-/m0/s1. The Morgan fingerprint density at radius 2 is 2.12 bits per heavy atom. The van der Waals surface area contributed by atoms with E-state index in [1.54, 1.807) is 11.8 Å². The van der Waals surface area contributed by atoms with Crippen molar-refractivity contribution < 1.29 is 9.53 Å². The summed E-state index contributed by atoms with van der Waals surface area (Å²) in [6.45, 7) is 5.39. The van der Waals surface area contributed by atoms with Crippen molar-refractivity contribution in [3.05, 3.63) is 47.8 Å². The molecule has 0 unspecified atom stereocenters. The number of piperidine rings is 1. The second-order valence-electron chi connectivity index (χ2n) is 8.45. The largest absolute Gasteiger partial charge is 0.383 e. The molecule has 1 saturated heterocycles. The third kappa shape index (κ3) is 5.26. The number of fused-ring (bicyclic) bond motifs is 1. The smallest absolute Gasteiger partial charge is 0.239 e. The molecule has 0 spiro atoms. The molecule has 0 saturated carbocycles. The molecule has 1 aromatic carbocycles. The number of nitrogens with zero attached hydrogens (tertiary/aromatic N) is 4. The maximum atomic E-state index is 12.6. The molecule has 3 heterocycles. The Kier molecular flexibility index (Phi) is 7.02. The third-order valence-corrected chi connectivity index (χ3v) is 6.03. The number of benzene rings is 1. The van der Waals surface area contributed by atoms with Crippen LogP contribution in [-0.2, 0) is 16.6 Å². The molecule has 1 aliphatic rings. The fourth-order valence-electron chi connectivity index (χ4n) is 4.28. The molecule has 1 fully saturated rings. The van der Waals surface area contributed by atoms with Crippen molar-refractivity contribution in [3.63, 3.8) is 0 Å². The van der Waals surface area contributed by atoms with Gasteiger partial charge in [0.05, 0.1) is 13.2 Å². The van der Waals surface area contributed by atoms with Gasteiger partial charge in [-0.15, -0.1) is 0 Å². The van der Waals surface area contributed by atoms with Crippen LogP contribution in [0, 0.1) is 6.92 Å². The van der Waals surface area contributed by atoms with E-state index in [9.17, 15) is 4.79 Å². The summed E-state index contributed by atoms with van der Waals surface area (Å²) >= 11 is 0. The topological polar surface area (TPSA) is 84.3 Å². The average molecular weight is 437 g/mol. The SMILES string of the molecule is COCCNc1nc([C@H]2CCCN(CC(=O)Nc3cc(C)n(C)n3)C2)cc2ccccc12. The van der Waals surface area contributed by atoms with Gasteiger partial charge in [-0.3, -0.25) is 14.4 Å². The van der Waals surface area contributed by atoms with Gasteiger partial charge in [-0.2, -0.15) is 5.10 Å². The van der Waals surface area contributed by atoms with Gasteiger partial charge in [0.25, 0.3) is 0 Å². The zero-order valence-corrected chi connectivity index (χ0v) is 19.1. The highest BCUT2D eigenvalue weighted by atomic mass is 16.5. The molecule has 3 aromatic rings. The Balaban J connectivity index is 1.45. The Morgan fingerprint density at radius 3 is 2.91 bits per heavy atom. The zero-order valence-electron chi connectivity index (χ0n) is 19.1. The van der Waals surface area contributed by atoms with Crippen LogP contribution in [0.3, 0.4) is 0 Å². The first-order chi connectivity index (χ1) is 15.5. The summed E-state index contributed by atoms with van der Waals surface area (Å²) in [5, 5.41) is 12.9. The summed E-state index contributed by atoms with van der Waals surface area (Å²) in [4.78, 5) is 19.8. The summed E-state index contributed by atoms with van der Waals surface area (Å²) in [5.74, 6) is 1.76. The fourth-order valence-corrected chi connectivity index (χ4v) is 4.28. The number of nitrogens with one attached hydrogen (secondary N) is 2. The number of likely N-dealkylation sites (tertiary alicyclic amines) is 1. The first-order valence-corrected chi connectivity index (χ1v) is 11.2. The highest BCUT2D eigenvalue weighted by molar-refractivity contribution is 5.92. The van der Waals surface area contributed by atoms with E-state index >= 15 is 0 Å². The molecule has 0 bridgehead atoms. The van der Waals surface area contributed by atoms with Gasteiger partial charge in [0.1, 0.15) is 5.82 Å². The fraction of sp³-hybridized carbons (Fsp3) is 0.458. The summed E-state index contributed by atoms with van der Waals surface area (Å²) in [6, 6.07) is 12.4. The number of anilines is 2. The lowest BCUT2D eigenvalue weighted by Crippen LogP contribution is -2.40. The zero-order chi connectivity index (χ0) is 22.5. The minimum absolute atomic E-state index is 0.0304. The Bertz CT molecular complexity index is 1060. The van der Waals surface area contributed by atoms with Crippen molar-refractivity contribution in [3.8, 4) is 0 Å². The van der Waals surface area contributed by atoms with Gasteiger partial charge >= 0.3 is 0 Å². The number of carbonyl (C=O) groups is 1. The number of aromatic nitrogens is 3. The minimum atomic E-state index is -0.0304. The molecule has 2 N–H and O–H groups in total. The van der Waals surface area contributed by atoms with Gasteiger partial charge in [-0.05, 0) is 37.8 Å². The van der Waals surface area contributed by atoms with Gasteiger partial charge in [-0.1, -0.05) is 24.3 Å². The second kappa shape index (κ2) is 10.1. The van der Waals surface area contributed by atoms with Crippen LogP contribution in [-0.4, -0.2) is 65.5 Å². The highest BCUT2D eigenvalue weighted by Gasteiger charge is 2.25. The van der Waals surface area contributed by atoms with Gasteiger partial charge in [-0.25, -0.2) is 4.98 Å². The summed E-state index contributed by atoms with van der Waals surface area (Å²) < 4.78 is 6.94. The average Bonchev–Trinajstić information content (AvgIpc) is 3.10. The molecular weight excluding hydrogens is 404 g/mol. The minimum Gasteiger partial charge on any atom is -0.383 e. The van der Waals surface area contributed by atoms with Gasteiger partial charge in [0.15, 0.2) is 5.82 Å². The molecule has 170 valence electrons. The molecule has 8 nitrogen and oxygen atoms in total. The van der Waals surface area contributed by atoms with E-state index in [0.29, 0.717) is 31.4 Å². The van der Waals surface area contributed by atoms with Crippen molar-refractivity contribution in [2.45, 2.75) is 25.7 Å². The van der Waals surface area contributed by atoms with Crippen LogP contribution in [0.4, 0.5) is 11.6 Å². The van der Waals surface area contributed by atoms with Crippen LogP contribution < -0.4 is 10.6 Å². The normalized spacial score (nSPS) is 16.9. The second-order valence-corrected chi connectivity index (χ2v) is 8.45. The van der Waals surface area contributed by atoms with Crippen molar-refractivity contribution in [2.75, 3.05) is 50.5 Å². The van der Waals surface area contributed by atoms with Gasteiger partial charge in [0.2, 0.25) is 5.91 Å². The maximum absolute atomic E-state index is 12.6. The Morgan fingerprint density at radius 1 is 1.28 bits per heavy atom. The van der Waals surface area contributed by atoms with Crippen LogP contribution in [0.15, 0.2) is 36.4 Å². The van der Waals surface area contributed by atoms with E-state index in [-0.39, 0.29) is 5.91 Å². The summed E-state index contributed by atoms with van der Waals surface area (Å²) in [5.41, 5.74) is 2.09. The van der Waals surface area contributed by atoms with Crippen molar-refractivity contribution in [1.82, 2.24) is 19.7 Å². The molecule has 4 rings (SSSR count). The number of methoxy groups -OCH3 is 1. The van der Waals surface area contributed by atoms with E-state index in [1.165, 1.54) is 5.39 Å². The Hall–Kier alpha value is -2.97. The number of carbonyl (C=O) groups excluding carboxylic acids is 1. The van der Waals surface area contributed by atoms with Crippen molar-refractivity contribution in [1.29, 1.82) is 0 Å². The predicted molar refractivity (Wildman–Crippen MR) is 127 cm³/mol. The lowest BCUT2D eigenvalue weighted by Gasteiger charge is -2.32. The quantitative estimate of drug-likeness (QED) is 0.528. The lowest BCUT2D eigenvalue weighted by molar-refractivity contribution is -0.117. The van der Waals surface area contributed by atoms with Crippen molar-refractivity contribution >= 4 is 28.3 Å². The maximum Gasteiger partial charge on any atom is 0.239 e. The van der Waals surface area contributed by atoms with E-state index in [1.807, 2.05) is 26.1 Å². The number of hydrogen-bond donors (Lipinski definition) is 2. The highest BCUT2D eigenvalue weighted by Crippen LogP contribution is 2.30. The van der Waals surface area contributed by atoms with E-state index < -0.39 is 0 Å². The van der Waals surface area contributed by atoms with Gasteiger partial charge in [0, 0.05) is 56.0 Å². The monoisotopic (exact) mass is 436 g/mol. The first-order valence-electron chi connectivity index (χ1n) is 11.2. The number of pyridine rings is 1. The van der Waals surface area contributed by atoms with Gasteiger partial charge < -0.3 is 15.4 Å². The van der Waals surface area contributed by atoms with Crippen molar-refractivity contribution in [2.24, 2.45) is 7.05 Å². The summed E-state index contributed by atoms with van der Waals surface area (Å²) in [7, 11) is 3.57. The van der Waals surface area contributed by atoms with Crippen LogP contribution in [0.1, 0.15) is 30.1 Å². The van der Waals surface area contributed by atoms with Crippen LogP contribution >= 0.6 is 0 Å². The number of amides is 1. The molecule has 1 amide bonds. The lowest BCUT2D eigenvalue weighted by atomic mass is 9.93. The molecule has 0 aliphatic carbocycles. The molecule has 2 aromatic heterocycles. The van der Waals surface area contributed by atoms with E-state index in [0.717, 1.165) is 48.5 Å². The molecule has 8 heteroatoms. The predicted octanol–water partition coefficient (Wildman–Crippen LogP) is 3.15. The number of ether oxygens (including phenoxy) is 1. The molecule has 0 radical (unpaired) electrons. The summed E-state index contributed by atoms with van der Waals surface area (Å²) in [6.07, 6.45) is 2.11. The number of hydrogen-bond acceptors (Lipinski definition) is 6. The molecular formula is C24H32N6O2. The van der Waals surface area contributed by atoms with Crippen LogP contribution in [0.2, 0.25) is 0 Å². The van der Waals surface area contributed by atoms with Crippen LogP contribution in [0.25, 0.3) is 10.8 Å². The van der Waals surface area contributed by atoms with Crippen LogP contribution in [0.5, 0.6) is 0 Å². The number of aryl methyl sites for hydroxylation is 2. The first kappa shape index (κ1) is 22.2. The van der Waals surface area contributed by atoms with E-state index in [2.05, 4.69) is 44.9 Å². The molecule has 1 aliphatic heterocycles. The van der Waals surface area contributed by atoms with E-state index in [4.69, 9.17) is 9.72 Å².